The van der Waals surface area contributed by atoms with E-state index in [1.165, 1.54) is 12.1 Å². The Labute approximate surface area is 84.2 Å². The van der Waals surface area contributed by atoms with Crippen molar-refractivity contribution in [3.05, 3.63) is 40.0 Å². The maximum atomic E-state index is 10.6. The Morgan fingerprint density at radius 2 is 2.13 bits per heavy atom. The Morgan fingerprint density at radius 1 is 1.47 bits per heavy atom. The van der Waals surface area contributed by atoms with Crippen molar-refractivity contribution in [2.45, 2.75) is 0 Å². The van der Waals surface area contributed by atoms with Crippen LogP contribution in [0.4, 0.5) is 5.69 Å². The fourth-order valence-electron chi connectivity index (χ4n) is 1.04. The van der Waals surface area contributed by atoms with E-state index in [-0.39, 0.29) is 5.56 Å². The zero-order valence-electron chi connectivity index (χ0n) is 7.45. The average molecular weight is 209 g/mol. The van der Waals surface area contributed by atoms with Crippen LogP contribution in [0.3, 0.4) is 0 Å². The predicted molar refractivity (Wildman–Crippen MR) is 51.4 cm³/mol. The third kappa shape index (κ3) is 2.53. The van der Waals surface area contributed by atoms with E-state index in [1.54, 1.807) is 0 Å². The molecule has 0 spiro atoms. The Bertz CT molecular complexity index is 438. The molecule has 0 saturated carbocycles. The summed E-state index contributed by atoms with van der Waals surface area (Å²) in [6, 6.07) is 3.90. The maximum Gasteiger partial charge on any atom is 0.328 e. The molecule has 0 aliphatic carbocycles. The van der Waals surface area contributed by atoms with Crippen LogP contribution in [0.15, 0.2) is 24.3 Å². The summed E-state index contributed by atoms with van der Waals surface area (Å²) in [5.74, 6) is -1.71. The van der Waals surface area contributed by atoms with Gasteiger partial charge in [-0.2, -0.15) is 0 Å². The van der Waals surface area contributed by atoms with Crippen LogP contribution in [0.5, 0.6) is 5.75 Å². The number of phenolic OH excluding ortho intramolecular Hbond substituents is 1. The van der Waals surface area contributed by atoms with Gasteiger partial charge in [-0.25, -0.2) is 4.79 Å². The van der Waals surface area contributed by atoms with E-state index in [1.807, 2.05) is 0 Å². The number of nitro benzene ring substituents is 1. The second-order valence-corrected chi connectivity index (χ2v) is 2.64. The third-order valence-corrected chi connectivity index (χ3v) is 1.63. The van der Waals surface area contributed by atoms with E-state index in [2.05, 4.69) is 0 Å². The lowest BCUT2D eigenvalue weighted by Crippen LogP contribution is -1.93. The minimum atomic E-state index is -1.22. The van der Waals surface area contributed by atoms with Gasteiger partial charge in [0.1, 0.15) is 0 Å². The molecule has 0 fully saturated rings. The zero-order valence-corrected chi connectivity index (χ0v) is 7.45. The third-order valence-electron chi connectivity index (χ3n) is 1.63. The summed E-state index contributed by atoms with van der Waals surface area (Å²) in [6.45, 7) is 0. The van der Waals surface area contributed by atoms with Crippen LogP contribution in [-0.4, -0.2) is 21.1 Å². The Morgan fingerprint density at radius 3 is 2.67 bits per heavy atom. The van der Waals surface area contributed by atoms with Crippen molar-refractivity contribution >= 4 is 17.7 Å². The van der Waals surface area contributed by atoms with Gasteiger partial charge in [-0.15, -0.1) is 0 Å². The predicted octanol–water partition coefficient (Wildman–Crippen LogP) is 1.40. The van der Waals surface area contributed by atoms with Crippen LogP contribution < -0.4 is 0 Å². The van der Waals surface area contributed by atoms with Crippen LogP contribution in [0.25, 0.3) is 6.08 Å². The summed E-state index contributed by atoms with van der Waals surface area (Å²) in [7, 11) is 0. The molecule has 2 N–H and O–H groups in total. The summed E-state index contributed by atoms with van der Waals surface area (Å²) in [5, 5.41) is 28.1. The van der Waals surface area contributed by atoms with Gasteiger partial charge in [0.05, 0.1) is 10.5 Å². The molecule has 0 heterocycles. The summed E-state index contributed by atoms with van der Waals surface area (Å²) in [5.41, 5.74) is -0.461. The average Bonchev–Trinajstić information content (AvgIpc) is 2.13. The molecular weight excluding hydrogens is 202 g/mol. The van der Waals surface area contributed by atoms with Crippen molar-refractivity contribution in [3.8, 4) is 5.75 Å². The van der Waals surface area contributed by atoms with E-state index in [0.29, 0.717) is 0 Å². The fourth-order valence-corrected chi connectivity index (χ4v) is 1.04. The molecule has 0 unspecified atom stereocenters. The SMILES string of the molecule is O=C(O)/C=C/c1cccc(O)c1[N+](=O)[O-]. The molecule has 0 amide bonds. The molecule has 1 rings (SSSR count). The van der Waals surface area contributed by atoms with E-state index >= 15 is 0 Å². The first-order valence-corrected chi connectivity index (χ1v) is 3.89. The minimum absolute atomic E-state index is 0.0439. The van der Waals surface area contributed by atoms with Gasteiger partial charge in [-0.05, 0) is 18.2 Å². The van der Waals surface area contributed by atoms with Crippen LogP contribution >= 0.6 is 0 Å². The summed E-state index contributed by atoms with van der Waals surface area (Å²) in [4.78, 5) is 20.0. The molecular formula is C9H7NO5. The Hall–Kier alpha value is -2.37. The van der Waals surface area contributed by atoms with Crippen molar-refractivity contribution in [2.75, 3.05) is 0 Å². The number of aliphatic carboxylic acids is 1. The number of nitrogens with zero attached hydrogens (tertiary/aromatic N) is 1. The molecule has 1 aromatic carbocycles. The van der Waals surface area contributed by atoms with Crippen LogP contribution in [-0.2, 0) is 4.79 Å². The van der Waals surface area contributed by atoms with Crippen LogP contribution in [0.2, 0.25) is 0 Å². The van der Waals surface area contributed by atoms with Crippen molar-refractivity contribution < 1.29 is 19.9 Å². The van der Waals surface area contributed by atoms with Gasteiger partial charge in [0.2, 0.25) is 0 Å². The first kappa shape index (κ1) is 10.7. The number of hydrogen-bond donors (Lipinski definition) is 2. The Balaban J connectivity index is 3.23. The number of carboxylic acid groups (broad SMARTS) is 1. The minimum Gasteiger partial charge on any atom is -0.502 e. The second kappa shape index (κ2) is 4.23. The molecule has 6 heteroatoms. The molecule has 78 valence electrons. The number of para-hydroxylation sites is 1. The summed E-state index contributed by atoms with van der Waals surface area (Å²) >= 11 is 0. The Kier molecular flexibility index (Phi) is 3.02. The molecule has 0 aromatic heterocycles. The summed E-state index contributed by atoms with van der Waals surface area (Å²) in [6.07, 6.45) is 1.82. The molecule has 0 atom stereocenters. The molecule has 15 heavy (non-hydrogen) atoms. The molecule has 0 bridgehead atoms. The van der Waals surface area contributed by atoms with E-state index < -0.39 is 22.3 Å². The number of carboxylic acids is 1. The normalized spacial score (nSPS) is 10.4. The lowest BCUT2D eigenvalue weighted by Gasteiger charge is -1.98. The summed E-state index contributed by atoms with van der Waals surface area (Å²) < 4.78 is 0. The van der Waals surface area contributed by atoms with Gasteiger partial charge in [-0.1, -0.05) is 6.07 Å². The largest absolute Gasteiger partial charge is 0.502 e. The van der Waals surface area contributed by atoms with E-state index in [4.69, 9.17) is 5.11 Å². The van der Waals surface area contributed by atoms with Crippen molar-refractivity contribution in [2.24, 2.45) is 0 Å². The highest BCUT2D eigenvalue weighted by Gasteiger charge is 2.16. The van der Waals surface area contributed by atoms with E-state index in [0.717, 1.165) is 18.2 Å². The topological polar surface area (TPSA) is 101 Å². The van der Waals surface area contributed by atoms with Crippen LogP contribution in [0.1, 0.15) is 5.56 Å². The van der Waals surface area contributed by atoms with Gasteiger partial charge in [0.15, 0.2) is 5.75 Å². The second-order valence-electron chi connectivity index (χ2n) is 2.64. The molecule has 0 saturated heterocycles. The first-order valence-electron chi connectivity index (χ1n) is 3.89. The zero-order chi connectivity index (χ0) is 11.4. The smallest absolute Gasteiger partial charge is 0.328 e. The lowest BCUT2D eigenvalue weighted by molar-refractivity contribution is -0.386. The standard InChI is InChI=1S/C9H7NO5/c11-7-3-1-2-6(4-5-8(12)13)9(7)10(14)15/h1-5,11H,(H,12,13)/b5-4+. The number of rotatable bonds is 3. The van der Waals surface area contributed by atoms with Crippen molar-refractivity contribution in [1.82, 2.24) is 0 Å². The number of nitro groups is 1. The number of aromatic hydroxyl groups is 1. The van der Waals surface area contributed by atoms with Gasteiger partial charge in [-0.3, -0.25) is 10.1 Å². The molecule has 0 radical (unpaired) electrons. The van der Waals surface area contributed by atoms with Crippen molar-refractivity contribution in [1.29, 1.82) is 0 Å². The number of hydrogen-bond acceptors (Lipinski definition) is 4. The molecule has 0 aliphatic rings. The van der Waals surface area contributed by atoms with E-state index in [9.17, 15) is 20.0 Å². The molecule has 0 aliphatic heterocycles. The van der Waals surface area contributed by atoms with Crippen LogP contribution in [0, 0.1) is 10.1 Å². The molecule has 1 aromatic rings. The van der Waals surface area contributed by atoms with Crippen molar-refractivity contribution in [3.63, 3.8) is 0 Å². The quantitative estimate of drug-likeness (QED) is 0.445. The maximum absolute atomic E-state index is 10.6. The highest BCUT2D eigenvalue weighted by atomic mass is 16.6. The highest BCUT2D eigenvalue weighted by molar-refractivity contribution is 5.86. The highest BCUT2D eigenvalue weighted by Crippen LogP contribution is 2.30. The lowest BCUT2D eigenvalue weighted by atomic mass is 10.1. The fraction of sp³-hybridized carbons (Fsp3) is 0. The number of benzene rings is 1. The van der Waals surface area contributed by atoms with Gasteiger partial charge in [0, 0.05) is 6.08 Å². The van der Waals surface area contributed by atoms with Gasteiger partial charge in [0.25, 0.3) is 0 Å². The molecule has 6 nitrogen and oxygen atoms in total. The van der Waals surface area contributed by atoms with Gasteiger partial charge >= 0.3 is 11.7 Å². The monoisotopic (exact) mass is 209 g/mol. The number of phenols is 1. The number of carbonyl (C=O) groups is 1. The van der Waals surface area contributed by atoms with Gasteiger partial charge < -0.3 is 10.2 Å². The first-order chi connectivity index (χ1) is 7.02.